The van der Waals surface area contributed by atoms with Crippen molar-refractivity contribution in [3.8, 4) is 0 Å². The van der Waals surface area contributed by atoms with Gasteiger partial charge in [-0.25, -0.2) is 4.79 Å². The number of hydrogen-bond acceptors (Lipinski definition) is 3. The molecule has 0 spiro atoms. The van der Waals surface area contributed by atoms with Gasteiger partial charge in [-0.05, 0) is 11.4 Å². The SMILES string of the molecule is COC(=O)/C(=C\Br)CCC=O. The summed E-state index contributed by atoms with van der Waals surface area (Å²) in [6, 6.07) is 0. The quantitative estimate of drug-likeness (QED) is 0.409. The molecular weight excluding hydrogens is 212 g/mol. The van der Waals surface area contributed by atoms with Gasteiger partial charge in [-0.3, -0.25) is 0 Å². The first-order valence-electron chi connectivity index (χ1n) is 3.07. The zero-order valence-electron chi connectivity index (χ0n) is 6.17. The van der Waals surface area contributed by atoms with Crippen molar-refractivity contribution in [2.45, 2.75) is 12.8 Å². The molecule has 0 N–H and O–H groups in total. The number of carbonyl (C=O) groups is 2. The lowest BCUT2D eigenvalue weighted by molar-refractivity contribution is -0.136. The van der Waals surface area contributed by atoms with E-state index in [1.54, 1.807) is 0 Å². The van der Waals surface area contributed by atoms with E-state index in [-0.39, 0.29) is 0 Å². The Kier molecular flexibility index (Phi) is 5.74. The molecule has 0 unspecified atom stereocenters. The van der Waals surface area contributed by atoms with E-state index in [2.05, 4.69) is 20.7 Å². The number of ether oxygens (including phenoxy) is 1. The minimum Gasteiger partial charge on any atom is -0.466 e. The van der Waals surface area contributed by atoms with Crippen molar-refractivity contribution in [2.24, 2.45) is 0 Å². The molecule has 0 aromatic carbocycles. The molecule has 0 saturated carbocycles. The average Bonchev–Trinajstić information content (AvgIpc) is 2.05. The highest BCUT2D eigenvalue weighted by atomic mass is 79.9. The van der Waals surface area contributed by atoms with E-state index in [1.807, 2.05) is 0 Å². The molecule has 0 aromatic heterocycles. The Hall–Kier alpha value is -0.640. The fraction of sp³-hybridized carbons (Fsp3) is 0.429. The molecule has 62 valence electrons. The second-order valence-corrected chi connectivity index (χ2v) is 2.29. The maximum atomic E-state index is 10.8. The van der Waals surface area contributed by atoms with Crippen LogP contribution in [0, 0.1) is 0 Å². The minimum atomic E-state index is -0.399. The zero-order valence-corrected chi connectivity index (χ0v) is 7.76. The summed E-state index contributed by atoms with van der Waals surface area (Å²) >= 11 is 3.01. The Morgan fingerprint density at radius 1 is 1.64 bits per heavy atom. The summed E-state index contributed by atoms with van der Waals surface area (Å²) in [6.45, 7) is 0. The second-order valence-electron chi connectivity index (χ2n) is 1.83. The molecule has 0 aliphatic carbocycles. The predicted octanol–water partition coefficient (Wildman–Crippen LogP) is 1.42. The highest BCUT2D eigenvalue weighted by Gasteiger charge is 2.06. The molecule has 3 nitrogen and oxygen atoms in total. The number of rotatable bonds is 4. The van der Waals surface area contributed by atoms with Gasteiger partial charge in [0, 0.05) is 12.0 Å². The Morgan fingerprint density at radius 3 is 2.64 bits per heavy atom. The molecule has 0 rings (SSSR count). The largest absolute Gasteiger partial charge is 0.466 e. The molecular formula is C7H9BrO3. The first-order valence-corrected chi connectivity index (χ1v) is 3.99. The van der Waals surface area contributed by atoms with Crippen molar-refractivity contribution in [3.05, 3.63) is 10.6 Å². The normalized spacial score (nSPS) is 10.9. The molecule has 0 aromatic rings. The topological polar surface area (TPSA) is 43.4 Å². The summed E-state index contributed by atoms with van der Waals surface area (Å²) in [5.41, 5.74) is 0.472. The zero-order chi connectivity index (χ0) is 8.69. The number of aldehydes is 1. The van der Waals surface area contributed by atoms with Gasteiger partial charge in [0.1, 0.15) is 6.29 Å². The highest BCUT2D eigenvalue weighted by molar-refractivity contribution is 9.11. The first-order chi connectivity index (χ1) is 5.26. The van der Waals surface area contributed by atoms with E-state index in [4.69, 9.17) is 0 Å². The van der Waals surface area contributed by atoms with Crippen LogP contribution in [0.1, 0.15) is 12.8 Å². The van der Waals surface area contributed by atoms with Crippen molar-refractivity contribution in [2.75, 3.05) is 7.11 Å². The van der Waals surface area contributed by atoms with Crippen molar-refractivity contribution < 1.29 is 14.3 Å². The monoisotopic (exact) mass is 220 g/mol. The summed E-state index contributed by atoms with van der Waals surface area (Å²) in [6.07, 6.45) is 1.52. The van der Waals surface area contributed by atoms with Crippen LogP contribution in [-0.2, 0) is 14.3 Å². The van der Waals surface area contributed by atoms with E-state index < -0.39 is 5.97 Å². The molecule has 0 aliphatic rings. The third-order valence-electron chi connectivity index (χ3n) is 1.11. The van der Waals surface area contributed by atoms with Gasteiger partial charge in [0.05, 0.1) is 7.11 Å². The standard InChI is InChI=1S/C7H9BrO3/c1-11-7(10)6(5-8)3-2-4-9/h4-5H,2-3H2,1H3/b6-5-. The smallest absolute Gasteiger partial charge is 0.334 e. The summed E-state index contributed by atoms with van der Waals surface area (Å²) < 4.78 is 4.45. The van der Waals surface area contributed by atoms with Gasteiger partial charge >= 0.3 is 5.97 Å². The van der Waals surface area contributed by atoms with Crippen LogP contribution in [0.15, 0.2) is 10.6 Å². The highest BCUT2D eigenvalue weighted by Crippen LogP contribution is 2.08. The van der Waals surface area contributed by atoms with E-state index in [0.29, 0.717) is 18.4 Å². The Balaban J connectivity index is 3.97. The van der Waals surface area contributed by atoms with Crippen molar-refractivity contribution in [1.29, 1.82) is 0 Å². The third-order valence-corrected chi connectivity index (χ3v) is 1.66. The lowest BCUT2D eigenvalue weighted by Crippen LogP contribution is -2.04. The van der Waals surface area contributed by atoms with Gasteiger partial charge in [0.15, 0.2) is 0 Å². The van der Waals surface area contributed by atoms with Crippen LogP contribution in [0.4, 0.5) is 0 Å². The number of hydrogen-bond donors (Lipinski definition) is 0. The van der Waals surface area contributed by atoms with Crippen LogP contribution in [0.3, 0.4) is 0 Å². The maximum Gasteiger partial charge on any atom is 0.334 e. The molecule has 0 aliphatic heterocycles. The van der Waals surface area contributed by atoms with Crippen LogP contribution < -0.4 is 0 Å². The van der Waals surface area contributed by atoms with Crippen molar-refractivity contribution >= 4 is 28.2 Å². The predicted molar refractivity (Wildman–Crippen MR) is 44.3 cm³/mol. The van der Waals surface area contributed by atoms with Crippen LogP contribution in [0.5, 0.6) is 0 Å². The van der Waals surface area contributed by atoms with E-state index in [0.717, 1.165) is 6.29 Å². The fourth-order valence-corrected chi connectivity index (χ4v) is 0.963. The van der Waals surface area contributed by atoms with Gasteiger partial charge in [-0.2, -0.15) is 0 Å². The molecule has 11 heavy (non-hydrogen) atoms. The van der Waals surface area contributed by atoms with Gasteiger partial charge in [0.25, 0.3) is 0 Å². The lowest BCUT2D eigenvalue weighted by atomic mass is 10.2. The van der Waals surface area contributed by atoms with Gasteiger partial charge in [-0.15, -0.1) is 0 Å². The van der Waals surface area contributed by atoms with E-state index in [1.165, 1.54) is 12.1 Å². The third kappa shape index (κ3) is 3.93. The minimum absolute atomic E-state index is 0.340. The number of methoxy groups -OCH3 is 1. The number of carbonyl (C=O) groups excluding carboxylic acids is 2. The molecule has 0 heterocycles. The molecule has 4 heteroatoms. The Labute approximate surface area is 73.5 Å². The van der Waals surface area contributed by atoms with Crippen LogP contribution >= 0.6 is 15.9 Å². The summed E-state index contributed by atoms with van der Waals surface area (Å²) in [4.78, 5) is 22.2. The Morgan fingerprint density at radius 2 is 2.27 bits per heavy atom. The van der Waals surface area contributed by atoms with Crippen LogP contribution in [0.2, 0.25) is 0 Å². The summed E-state index contributed by atoms with van der Waals surface area (Å²) in [7, 11) is 1.31. The van der Waals surface area contributed by atoms with Crippen molar-refractivity contribution in [3.63, 3.8) is 0 Å². The molecule has 0 saturated heterocycles. The Bertz CT molecular complexity index is 175. The fourth-order valence-electron chi connectivity index (χ4n) is 0.547. The number of esters is 1. The van der Waals surface area contributed by atoms with Crippen LogP contribution in [-0.4, -0.2) is 19.4 Å². The van der Waals surface area contributed by atoms with Crippen molar-refractivity contribution in [1.82, 2.24) is 0 Å². The molecule has 0 amide bonds. The summed E-state index contributed by atoms with van der Waals surface area (Å²) in [5.74, 6) is -0.399. The van der Waals surface area contributed by atoms with Crippen LogP contribution in [0.25, 0.3) is 0 Å². The molecule has 0 radical (unpaired) electrons. The van der Waals surface area contributed by atoms with Gasteiger partial charge in [0.2, 0.25) is 0 Å². The molecule has 0 atom stereocenters. The summed E-state index contributed by atoms with van der Waals surface area (Å²) in [5, 5.41) is 0. The lowest BCUT2D eigenvalue weighted by Gasteiger charge is -1.99. The second kappa shape index (κ2) is 6.09. The molecule has 0 bridgehead atoms. The van der Waals surface area contributed by atoms with Gasteiger partial charge < -0.3 is 9.53 Å². The van der Waals surface area contributed by atoms with Gasteiger partial charge in [-0.1, -0.05) is 15.9 Å². The maximum absolute atomic E-state index is 10.8. The van der Waals surface area contributed by atoms with E-state index >= 15 is 0 Å². The molecule has 0 fully saturated rings. The first kappa shape index (κ1) is 10.4. The average molecular weight is 221 g/mol. The van der Waals surface area contributed by atoms with E-state index in [9.17, 15) is 9.59 Å². The number of halogens is 1.